The second kappa shape index (κ2) is 6.88. The molecule has 4 rings (SSSR count). The second-order valence-electron chi connectivity index (χ2n) is 6.31. The lowest BCUT2D eigenvalue weighted by Gasteiger charge is -2.12. The molecule has 0 saturated heterocycles. The Bertz CT molecular complexity index is 1120. The highest BCUT2D eigenvalue weighted by Crippen LogP contribution is 2.35. The predicted molar refractivity (Wildman–Crippen MR) is 107 cm³/mol. The highest BCUT2D eigenvalue weighted by Gasteiger charge is 2.14. The number of ether oxygens (including phenoxy) is 1. The Hall–Kier alpha value is -3.73. The first kappa shape index (κ1) is 16.7. The van der Waals surface area contributed by atoms with Crippen LogP contribution in [0.5, 0.6) is 5.75 Å². The number of amides is 1. The van der Waals surface area contributed by atoms with E-state index in [0.717, 1.165) is 22.1 Å². The normalized spacial score (nSPS) is 10.8. The number of nitrogen functional groups attached to an aromatic ring is 1. The zero-order valence-corrected chi connectivity index (χ0v) is 14.6. The van der Waals surface area contributed by atoms with E-state index >= 15 is 0 Å². The standard InChI is InChI=1S/C22H19N3O2/c23-20-12-15(27-13-14-4-2-1-3-5-14)6-7-17(20)16-8-9-19(22(24)26)21-18(16)10-11-25-21/h1-12,25H,13,23H2,(H2,24,26). The van der Waals surface area contributed by atoms with E-state index in [1.807, 2.05) is 60.7 Å². The van der Waals surface area contributed by atoms with E-state index in [1.165, 1.54) is 0 Å². The van der Waals surface area contributed by atoms with Crippen LogP contribution in [0.2, 0.25) is 0 Å². The van der Waals surface area contributed by atoms with Crippen molar-refractivity contribution in [3.05, 3.63) is 84.1 Å². The molecule has 3 aromatic carbocycles. The minimum Gasteiger partial charge on any atom is -0.489 e. The molecule has 0 aliphatic carbocycles. The van der Waals surface area contributed by atoms with Crippen molar-refractivity contribution in [2.24, 2.45) is 5.73 Å². The first-order valence-electron chi connectivity index (χ1n) is 8.60. The van der Waals surface area contributed by atoms with Gasteiger partial charge in [-0.1, -0.05) is 36.4 Å². The third kappa shape index (κ3) is 3.22. The molecule has 0 fully saturated rings. The third-order valence-electron chi connectivity index (χ3n) is 4.55. The van der Waals surface area contributed by atoms with E-state index in [-0.39, 0.29) is 0 Å². The van der Waals surface area contributed by atoms with Gasteiger partial charge in [0.1, 0.15) is 12.4 Å². The molecule has 134 valence electrons. The molecule has 0 aliphatic heterocycles. The molecule has 5 N–H and O–H groups in total. The minimum atomic E-state index is -0.466. The first-order chi connectivity index (χ1) is 13.1. The maximum absolute atomic E-state index is 11.6. The van der Waals surface area contributed by atoms with Crippen molar-refractivity contribution in [1.82, 2.24) is 4.98 Å². The quantitative estimate of drug-likeness (QED) is 0.469. The van der Waals surface area contributed by atoms with Gasteiger partial charge in [0.2, 0.25) is 0 Å². The van der Waals surface area contributed by atoms with Gasteiger partial charge in [-0.05, 0) is 35.4 Å². The van der Waals surface area contributed by atoms with E-state index in [9.17, 15) is 4.79 Å². The van der Waals surface area contributed by atoms with Crippen LogP contribution in [0.25, 0.3) is 22.0 Å². The number of carbonyl (C=O) groups is 1. The van der Waals surface area contributed by atoms with Crippen LogP contribution in [0.3, 0.4) is 0 Å². The lowest BCUT2D eigenvalue weighted by Crippen LogP contribution is -2.11. The molecule has 0 saturated carbocycles. The van der Waals surface area contributed by atoms with Crippen molar-refractivity contribution in [2.45, 2.75) is 6.61 Å². The summed E-state index contributed by atoms with van der Waals surface area (Å²) in [5.41, 5.74) is 16.4. The SMILES string of the molecule is NC(=O)c1ccc(-c2ccc(OCc3ccccc3)cc2N)c2cc[nH]c12. The van der Waals surface area contributed by atoms with E-state index in [2.05, 4.69) is 4.98 Å². The molecule has 4 aromatic rings. The fraction of sp³-hybridized carbons (Fsp3) is 0.0455. The zero-order chi connectivity index (χ0) is 18.8. The molecule has 1 heterocycles. The number of anilines is 1. The summed E-state index contributed by atoms with van der Waals surface area (Å²) < 4.78 is 5.84. The molecular weight excluding hydrogens is 338 g/mol. The van der Waals surface area contributed by atoms with Crippen molar-refractivity contribution in [2.75, 3.05) is 5.73 Å². The van der Waals surface area contributed by atoms with Crippen LogP contribution < -0.4 is 16.2 Å². The fourth-order valence-electron chi connectivity index (χ4n) is 3.21. The molecular formula is C22H19N3O2. The first-order valence-corrected chi connectivity index (χ1v) is 8.60. The number of primary amides is 1. The van der Waals surface area contributed by atoms with Gasteiger partial charge in [0.25, 0.3) is 5.91 Å². The van der Waals surface area contributed by atoms with E-state index in [0.29, 0.717) is 29.1 Å². The van der Waals surface area contributed by atoms with Crippen LogP contribution in [0.15, 0.2) is 72.9 Å². The maximum Gasteiger partial charge on any atom is 0.250 e. The van der Waals surface area contributed by atoms with Crippen molar-refractivity contribution in [3.63, 3.8) is 0 Å². The Labute approximate surface area is 156 Å². The van der Waals surface area contributed by atoms with Gasteiger partial charge >= 0.3 is 0 Å². The molecule has 27 heavy (non-hydrogen) atoms. The number of hydrogen-bond donors (Lipinski definition) is 3. The number of H-pyrrole nitrogens is 1. The fourth-order valence-corrected chi connectivity index (χ4v) is 3.21. The van der Waals surface area contributed by atoms with Gasteiger partial charge in [0.05, 0.1) is 11.1 Å². The number of rotatable bonds is 5. The molecule has 0 spiro atoms. The Balaban J connectivity index is 1.65. The Kier molecular flexibility index (Phi) is 4.26. The summed E-state index contributed by atoms with van der Waals surface area (Å²) in [5.74, 6) is 0.241. The lowest BCUT2D eigenvalue weighted by atomic mass is 9.97. The van der Waals surface area contributed by atoms with Crippen LogP contribution in [-0.2, 0) is 6.61 Å². The van der Waals surface area contributed by atoms with Crippen LogP contribution >= 0.6 is 0 Å². The van der Waals surface area contributed by atoms with Crippen molar-refractivity contribution in [1.29, 1.82) is 0 Å². The van der Waals surface area contributed by atoms with Crippen LogP contribution in [0.1, 0.15) is 15.9 Å². The van der Waals surface area contributed by atoms with E-state index < -0.39 is 5.91 Å². The number of benzene rings is 3. The van der Waals surface area contributed by atoms with Gasteiger partial charge in [0.15, 0.2) is 0 Å². The predicted octanol–water partition coefficient (Wildman–Crippen LogP) is 4.10. The number of hydrogen-bond acceptors (Lipinski definition) is 3. The number of carbonyl (C=O) groups excluding carboxylic acids is 1. The van der Waals surface area contributed by atoms with Crippen LogP contribution in [0, 0.1) is 0 Å². The number of fused-ring (bicyclic) bond motifs is 1. The summed E-state index contributed by atoms with van der Waals surface area (Å²) >= 11 is 0. The average molecular weight is 357 g/mol. The number of aromatic nitrogens is 1. The highest BCUT2D eigenvalue weighted by molar-refractivity contribution is 6.09. The summed E-state index contributed by atoms with van der Waals surface area (Å²) in [6, 6.07) is 21.1. The van der Waals surface area contributed by atoms with Gasteiger partial charge in [-0.15, -0.1) is 0 Å². The van der Waals surface area contributed by atoms with E-state index in [1.54, 1.807) is 12.3 Å². The monoisotopic (exact) mass is 357 g/mol. The van der Waals surface area contributed by atoms with Crippen molar-refractivity contribution in [3.8, 4) is 16.9 Å². The van der Waals surface area contributed by atoms with Crippen molar-refractivity contribution < 1.29 is 9.53 Å². The average Bonchev–Trinajstić information content (AvgIpc) is 3.16. The van der Waals surface area contributed by atoms with Crippen LogP contribution in [0.4, 0.5) is 5.69 Å². The summed E-state index contributed by atoms with van der Waals surface area (Å²) in [6.45, 7) is 0.481. The summed E-state index contributed by atoms with van der Waals surface area (Å²) in [4.78, 5) is 14.7. The third-order valence-corrected chi connectivity index (χ3v) is 4.55. The van der Waals surface area contributed by atoms with Gasteiger partial charge < -0.3 is 21.2 Å². The Morgan fingerprint density at radius 1 is 0.963 bits per heavy atom. The Morgan fingerprint density at radius 2 is 1.74 bits per heavy atom. The number of nitrogens with one attached hydrogen (secondary N) is 1. The van der Waals surface area contributed by atoms with Gasteiger partial charge in [0, 0.05) is 28.9 Å². The smallest absolute Gasteiger partial charge is 0.250 e. The molecule has 0 radical (unpaired) electrons. The number of nitrogens with two attached hydrogens (primary N) is 2. The van der Waals surface area contributed by atoms with Gasteiger partial charge in [-0.3, -0.25) is 4.79 Å². The molecule has 5 nitrogen and oxygen atoms in total. The molecule has 1 amide bonds. The molecule has 1 aromatic heterocycles. The minimum absolute atomic E-state index is 0.458. The van der Waals surface area contributed by atoms with E-state index in [4.69, 9.17) is 16.2 Å². The highest BCUT2D eigenvalue weighted by atomic mass is 16.5. The molecule has 0 aliphatic rings. The summed E-state index contributed by atoms with van der Waals surface area (Å²) in [7, 11) is 0. The van der Waals surface area contributed by atoms with Gasteiger partial charge in [-0.2, -0.15) is 0 Å². The van der Waals surface area contributed by atoms with Crippen LogP contribution in [-0.4, -0.2) is 10.9 Å². The molecule has 0 unspecified atom stereocenters. The molecule has 0 atom stereocenters. The summed E-state index contributed by atoms with van der Waals surface area (Å²) in [6.07, 6.45) is 1.79. The number of aromatic amines is 1. The van der Waals surface area contributed by atoms with Gasteiger partial charge in [-0.25, -0.2) is 0 Å². The lowest BCUT2D eigenvalue weighted by molar-refractivity contribution is 0.100. The second-order valence-corrected chi connectivity index (χ2v) is 6.31. The topological polar surface area (TPSA) is 94.1 Å². The zero-order valence-electron chi connectivity index (χ0n) is 14.6. The molecule has 0 bridgehead atoms. The maximum atomic E-state index is 11.6. The largest absolute Gasteiger partial charge is 0.489 e. The van der Waals surface area contributed by atoms with Crippen molar-refractivity contribution >= 4 is 22.5 Å². The Morgan fingerprint density at radius 3 is 2.48 bits per heavy atom. The molecule has 5 heteroatoms. The summed E-state index contributed by atoms with van der Waals surface area (Å²) in [5, 5.41) is 0.899.